The number of methoxy groups -OCH3 is 1. The number of pyridine rings is 1. The van der Waals surface area contributed by atoms with E-state index in [1.807, 2.05) is 12.1 Å². The van der Waals surface area contributed by atoms with E-state index in [1.54, 1.807) is 30.5 Å². The number of rotatable bonds is 7. The van der Waals surface area contributed by atoms with Gasteiger partial charge in [-0.2, -0.15) is 5.10 Å². The van der Waals surface area contributed by atoms with Crippen LogP contribution in [0.1, 0.15) is 50.7 Å². The highest BCUT2D eigenvalue weighted by Crippen LogP contribution is 2.38. The van der Waals surface area contributed by atoms with Gasteiger partial charge < -0.3 is 25.0 Å². The van der Waals surface area contributed by atoms with Crippen LogP contribution < -0.4 is 10.2 Å². The van der Waals surface area contributed by atoms with E-state index in [-0.39, 0.29) is 17.6 Å². The second-order valence-electron chi connectivity index (χ2n) is 10.8. The predicted molar refractivity (Wildman–Crippen MR) is 165 cm³/mol. The SMILES string of the molecule is COC1CCN(c2cccc3c2CCN(C(=O)c2cnn(-c4cncc(Cl)c4)c2)C3C(=O)Nc2ccc(C(=O)O)cc2)CC1. The zero-order chi connectivity index (χ0) is 30.8. The minimum absolute atomic E-state index is 0.108. The number of carbonyl (C=O) groups is 3. The number of carboxylic acids is 1. The molecule has 0 aliphatic carbocycles. The van der Waals surface area contributed by atoms with Crippen molar-refractivity contribution in [3.05, 3.63) is 101 Å². The largest absolute Gasteiger partial charge is 0.478 e. The van der Waals surface area contributed by atoms with Gasteiger partial charge in [0.25, 0.3) is 11.8 Å². The number of carboxylic acid groups (broad SMARTS) is 1. The lowest BCUT2D eigenvalue weighted by molar-refractivity contribution is -0.121. The number of nitrogens with zero attached hydrogens (tertiary/aromatic N) is 5. The topological polar surface area (TPSA) is 130 Å². The fourth-order valence-electron chi connectivity index (χ4n) is 5.95. The number of benzene rings is 2. The van der Waals surface area contributed by atoms with Crippen molar-refractivity contribution < 1.29 is 24.2 Å². The van der Waals surface area contributed by atoms with Crippen LogP contribution in [0.4, 0.5) is 11.4 Å². The number of amides is 2. The van der Waals surface area contributed by atoms with Crippen molar-refractivity contribution in [2.24, 2.45) is 0 Å². The van der Waals surface area contributed by atoms with E-state index in [2.05, 4.69) is 26.4 Å². The maximum atomic E-state index is 14.0. The quantitative estimate of drug-likeness (QED) is 0.309. The summed E-state index contributed by atoms with van der Waals surface area (Å²) < 4.78 is 7.08. The minimum atomic E-state index is -1.06. The summed E-state index contributed by atoms with van der Waals surface area (Å²) in [7, 11) is 1.74. The number of carbonyl (C=O) groups excluding carboxylic acids is 2. The molecule has 0 saturated carbocycles. The molecule has 1 atom stereocenters. The van der Waals surface area contributed by atoms with Crippen molar-refractivity contribution in [2.75, 3.05) is 37.0 Å². The van der Waals surface area contributed by atoms with E-state index >= 15 is 0 Å². The molecule has 0 bridgehead atoms. The van der Waals surface area contributed by atoms with E-state index in [1.165, 1.54) is 41.3 Å². The molecule has 2 aliphatic heterocycles. The Morgan fingerprint density at radius 1 is 1.00 bits per heavy atom. The molecule has 12 heteroatoms. The van der Waals surface area contributed by atoms with Crippen LogP contribution in [-0.2, 0) is 16.0 Å². The highest BCUT2D eigenvalue weighted by Gasteiger charge is 2.38. The van der Waals surface area contributed by atoms with Gasteiger partial charge in [0.1, 0.15) is 6.04 Å². The highest BCUT2D eigenvalue weighted by molar-refractivity contribution is 6.30. The van der Waals surface area contributed by atoms with Crippen LogP contribution in [0.15, 0.2) is 73.3 Å². The first kappa shape index (κ1) is 29.3. The Bertz CT molecular complexity index is 1700. The molecule has 2 N–H and O–H groups in total. The Hall–Kier alpha value is -4.74. The summed E-state index contributed by atoms with van der Waals surface area (Å²) >= 11 is 6.10. The van der Waals surface area contributed by atoms with E-state index in [9.17, 15) is 19.5 Å². The Kier molecular flexibility index (Phi) is 8.32. The van der Waals surface area contributed by atoms with E-state index in [4.69, 9.17) is 16.3 Å². The van der Waals surface area contributed by atoms with Crippen LogP contribution in [0.2, 0.25) is 5.02 Å². The van der Waals surface area contributed by atoms with Crippen LogP contribution in [0.3, 0.4) is 0 Å². The third-order valence-electron chi connectivity index (χ3n) is 8.21. The highest BCUT2D eigenvalue weighted by atomic mass is 35.5. The number of halogens is 1. The first-order chi connectivity index (χ1) is 21.3. The molecule has 2 aromatic heterocycles. The summed E-state index contributed by atoms with van der Waals surface area (Å²) in [4.78, 5) is 47.4. The fraction of sp³-hybridized carbons (Fsp3) is 0.281. The molecule has 1 saturated heterocycles. The first-order valence-electron chi connectivity index (χ1n) is 14.3. The molecule has 0 spiro atoms. The number of ether oxygens (including phenoxy) is 1. The molecule has 1 unspecified atom stereocenters. The maximum absolute atomic E-state index is 14.0. The van der Waals surface area contributed by atoms with Crippen LogP contribution >= 0.6 is 11.6 Å². The number of piperidine rings is 1. The summed E-state index contributed by atoms with van der Waals surface area (Å²) in [6.45, 7) is 1.99. The molecular weight excluding hydrogens is 584 g/mol. The summed E-state index contributed by atoms with van der Waals surface area (Å²) in [5.74, 6) is -1.80. The standard InChI is InChI=1S/C32H31ClN6O5/c1-44-25-9-12-37(13-10-25)28-4-2-3-27-26(28)11-14-38(29(27)30(40)36-23-7-5-20(6-8-23)32(42)43)31(41)21-16-35-39(19-21)24-15-22(33)17-34-18-24/h2-8,15-19,25,29H,9-14H2,1H3,(H,36,40)(H,42,43). The average molecular weight is 615 g/mol. The van der Waals surface area contributed by atoms with Gasteiger partial charge in [-0.25, -0.2) is 9.48 Å². The Labute approximate surface area is 259 Å². The summed E-state index contributed by atoms with van der Waals surface area (Å²) in [6, 6.07) is 12.6. The van der Waals surface area contributed by atoms with Gasteiger partial charge in [0.2, 0.25) is 0 Å². The normalized spacial score (nSPS) is 16.8. The Morgan fingerprint density at radius 3 is 2.48 bits per heavy atom. The summed E-state index contributed by atoms with van der Waals surface area (Å²) in [6.07, 6.45) is 8.79. The van der Waals surface area contributed by atoms with Crippen LogP contribution in [0.25, 0.3) is 5.69 Å². The monoisotopic (exact) mass is 614 g/mol. The van der Waals surface area contributed by atoms with Crippen molar-refractivity contribution >= 4 is 40.8 Å². The molecule has 2 amide bonds. The van der Waals surface area contributed by atoms with Gasteiger partial charge in [0.15, 0.2) is 0 Å². The lowest BCUT2D eigenvalue weighted by Gasteiger charge is -2.40. The van der Waals surface area contributed by atoms with Gasteiger partial charge in [-0.3, -0.25) is 14.6 Å². The van der Waals surface area contributed by atoms with Gasteiger partial charge in [0.05, 0.1) is 40.3 Å². The Morgan fingerprint density at radius 2 is 1.77 bits per heavy atom. The zero-order valence-corrected chi connectivity index (χ0v) is 24.8. The molecule has 11 nitrogen and oxygen atoms in total. The van der Waals surface area contributed by atoms with Gasteiger partial charge in [-0.1, -0.05) is 23.7 Å². The van der Waals surface area contributed by atoms with Crippen molar-refractivity contribution in [3.63, 3.8) is 0 Å². The molecular formula is C32H31ClN6O5. The molecule has 4 heterocycles. The predicted octanol–water partition coefficient (Wildman–Crippen LogP) is 4.61. The van der Waals surface area contributed by atoms with E-state index in [0.717, 1.165) is 42.7 Å². The molecule has 2 aliphatic rings. The summed E-state index contributed by atoms with van der Waals surface area (Å²) in [5, 5.41) is 17.0. The zero-order valence-electron chi connectivity index (χ0n) is 24.0. The lowest BCUT2D eigenvalue weighted by Crippen LogP contribution is -2.46. The first-order valence-corrected chi connectivity index (χ1v) is 14.7. The van der Waals surface area contributed by atoms with Gasteiger partial charge in [-0.15, -0.1) is 0 Å². The number of anilines is 2. The Balaban J connectivity index is 1.34. The molecule has 44 heavy (non-hydrogen) atoms. The van der Waals surface area contributed by atoms with Crippen LogP contribution in [-0.4, -0.2) is 75.4 Å². The van der Waals surface area contributed by atoms with Crippen molar-refractivity contribution in [2.45, 2.75) is 31.4 Å². The van der Waals surface area contributed by atoms with Gasteiger partial charge >= 0.3 is 5.97 Å². The van der Waals surface area contributed by atoms with E-state index < -0.39 is 17.9 Å². The lowest BCUT2D eigenvalue weighted by atomic mass is 9.89. The van der Waals surface area contributed by atoms with Crippen molar-refractivity contribution in [1.82, 2.24) is 19.7 Å². The minimum Gasteiger partial charge on any atom is -0.478 e. The molecule has 226 valence electrons. The summed E-state index contributed by atoms with van der Waals surface area (Å²) in [5.41, 5.74) is 4.30. The second-order valence-corrected chi connectivity index (χ2v) is 11.3. The molecule has 2 aromatic carbocycles. The third kappa shape index (κ3) is 5.88. The molecule has 6 rings (SSSR count). The third-order valence-corrected chi connectivity index (χ3v) is 8.41. The van der Waals surface area contributed by atoms with E-state index in [0.29, 0.717) is 34.9 Å². The smallest absolute Gasteiger partial charge is 0.335 e. The van der Waals surface area contributed by atoms with Crippen LogP contribution in [0, 0.1) is 0 Å². The van der Waals surface area contributed by atoms with Gasteiger partial charge in [-0.05, 0) is 66.8 Å². The average Bonchev–Trinajstić information content (AvgIpc) is 3.54. The van der Waals surface area contributed by atoms with Crippen molar-refractivity contribution in [1.29, 1.82) is 0 Å². The molecule has 1 fully saturated rings. The number of aromatic nitrogens is 3. The number of aromatic carboxylic acids is 1. The maximum Gasteiger partial charge on any atom is 0.335 e. The number of hydrogen-bond acceptors (Lipinski definition) is 7. The van der Waals surface area contributed by atoms with Gasteiger partial charge in [0, 0.05) is 50.5 Å². The molecule has 0 radical (unpaired) electrons. The number of fused-ring (bicyclic) bond motifs is 1. The number of nitrogens with one attached hydrogen (secondary N) is 1. The van der Waals surface area contributed by atoms with Crippen LogP contribution in [0.5, 0.6) is 0 Å². The second kappa shape index (κ2) is 12.5. The fourth-order valence-corrected chi connectivity index (χ4v) is 6.12. The van der Waals surface area contributed by atoms with Crippen molar-refractivity contribution in [3.8, 4) is 5.69 Å². The molecule has 4 aromatic rings. The number of hydrogen-bond donors (Lipinski definition) is 2.